The molecule has 0 amide bonds. The third kappa shape index (κ3) is 6.10. The van der Waals surface area contributed by atoms with Crippen molar-refractivity contribution < 1.29 is 8.83 Å². The molecule has 0 N–H and O–H groups in total. The standard InChI is InChI=1S/C28H34N2O3/c1-2-3-4-5-6-7-8-9-10-11-12-17-26-29-30-27(33-26)24-20-23-22-16-14-13-15-21(22)18-19-25(23)32-28(24)31/h13-16,18-20H,2-12,17H2,1H3. The molecule has 0 aliphatic rings. The highest BCUT2D eigenvalue weighted by Crippen LogP contribution is 2.27. The second kappa shape index (κ2) is 11.8. The van der Waals surface area contributed by atoms with E-state index < -0.39 is 5.63 Å². The van der Waals surface area contributed by atoms with Gasteiger partial charge in [0, 0.05) is 11.8 Å². The zero-order chi connectivity index (χ0) is 22.9. The van der Waals surface area contributed by atoms with Crippen molar-refractivity contribution in [2.75, 3.05) is 0 Å². The lowest BCUT2D eigenvalue weighted by Crippen LogP contribution is -2.03. The minimum atomic E-state index is -0.456. The van der Waals surface area contributed by atoms with Crippen LogP contribution in [0.25, 0.3) is 33.2 Å². The van der Waals surface area contributed by atoms with Crippen molar-refractivity contribution >= 4 is 21.7 Å². The summed E-state index contributed by atoms with van der Waals surface area (Å²) in [6, 6.07) is 13.6. The van der Waals surface area contributed by atoms with Gasteiger partial charge in [0.1, 0.15) is 11.1 Å². The number of benzene rings is 2. The Morgan fingerprint density at radius 2 is 1.42 bits per heavy atom. The molecule has 5 nitrogen and oxygen atoms in total. The molecule has 0 bridgehead atoms. The maximum absolute atomic E-state index is 12.5. The molecule has 174 valence electrons. The van der Waals surface area contributed by atoms with Crippen LogP contribution in [-0.4, -0.2) is 10.2 Å². The van der Waals surface area contributed by atoms with E-state index in [1.54, 1.807) is 0 Å². The highest BCUT2D eigenvalue weighted by atomic mass is 16.4. The molecule has 2 aromatic heterocycles. The zero-order valence-corrected chi connectivity index (χ0v) is 19.6. The highest BCUT2D eigenvalue weighted by molar-refractivity contribution is 6.06. The first-order chi connectivity index (χ1) is 16.3. The van der Waals surface area contributed by atoms with E-state index in [2.05, 4.69) is 17.1 Å². The van der Waals surface area contributed by atoms with Crippen molar-refractivity contribution in [3.8, 4) is 11.5 Å². The van der Waals surface area contributed by atoms with Gasteiger partial charge in [0.2, 0.25) is 5.89 Å². The molecular formula is C28H34N2O3. The van der Waals surface area contributed by atoms with E-state index >= 15 is 0 Å². The predicted octanol–water partition coefficient (Wildman–Crippen LogP) is 7.85. The van der Waals surface area contributed by atoms with Crippen LogP contribution in [0.2, 0.25) is 0 Å². The van der Waals surface area contributed by atoms with Gasteiger partial charge in [0.05, 0.1) is 0 Å². The summed E-state index contributed by atoms with van der Waals surface area (Å²) >= 11 is 0. The van der Waals surface area contributed by atoms with Gasteiger partial charge in [-0.05, 0) is 29.3 Å². The number of aromatic nitrogens is 2. The van der Waals surface area contributed by atoms with Gasteiger partial charge < -0.3 is 8.83 Å². The number of rotatable bonds is 13. The quantitative estimate of drug-likeness (QED) is 0.119. The Kier molecular flexibility index (Phi) is 8.29. The van der Waals surface area contributed by atoms with Gasteiger partial charge in [-0.1, -0.05) is 101 Å². The summed E-state index contributed by atoms with van der Waals surface area (Å²) in [6.07, 6.45) is 15.0. The lowest BCUT2D eigenvalue weighted by molar-refractivity contribution is 0.481. The molecule has 5 heteroatoms. The van der Waals surface area contributed by atoms with Gasteiger partial charge in [-0.15, -0.1) is 10.2 Å². The number of hydrogen-bond donors (Lipinski definition) is 0. The molecule has 0 fully saturated rings. The average molecular weight is 447 g/mol. The summed E-state index contributed by atoms with van der Waals surface area (Å²) in [5.41, 5.74) is 0.419. The maximum atomic E-state index is 12.5. The number of nitrogens with zero attached hydrogens (tertiary/aromatic N) is 2. The van der Waals surface area contributed by atoms with E-state index in [1.807, 2.05) is 42.5 Å². The van der Waals surface area contributed by atoms with Gasteiger partial charge in [-0.2, -0.15) is 0 Å². The van der Waals surface area contributed by atoms with Crippen LogP contribution in [0.3, 0.4) is 0 Å². The first-order valence-electron chi connectivity index (χ1n) is 12.5. The number of unbranched alkanes of at least 4 members (excludes halogenated alkanes) is 10. The molecule has 0 radical (unpaired) electrons. The molecule has 4 rings (SSSR count). The van der Waals surface area contributed by atoms with Crippen molar-refractivity contribution in [3.05, 3.63) is 58.8 Å². The molecule has 33 heavy (non-hydrogen) atoms. The molecule has 2 heterocycles. The lowest BCUT2D eigenvalue weighted by Gasteiger charge is -2.03. The van der Waals surface area contributed by atoms with Crippen LogP contribution in [0.1, 0.15) is 83.4 Å². The van der Waals surface area contributed by atoms with Crippen LogP contribution in [0.5, 0.6) is 0 Å². The van der Waals surface area contributed by atoms with Crippen molar-refractivity contribution in [1.82, 2.24) is 10.2 Å². The zero-order valence-electron chi connectivity index (χ0n) is 19.6. The van der Waals surface area contributed by atoms with Crippen LogP contribution in [0, 0.1) is 0 Å². The van der Waals surface area contributed by atoms with Gasteiger partial charge in [0.25, 0.3) is 5.89 Å². The maximum Gasteiger partial charge on any atom is 0.349 e. The first-order valence-corrected chi connectivity index (χ1v) is 12.5. The average Bonchev–Trinajstić information content (AvgIpc) is 3.30. The molecule has 0 spiro atoms. The lowest BCUT2D eigenvalue weighted by atomic mass is 10.0. The Morgan fingerprint density at radius 1 is 0.727 bits per heavy atom. The first kappa shape index (κ1) is 23.2. The minimum Gasteiger partial charge on any atom is -0.422 e. The van der Waals surface area contributed by atoms with E-state index in [9.17, 15) is 4.79 Å². The third-order valence-corrected chi connectivity index (χ3v) is 6.33. The van der Waals surface area contributed by atoms with E-state index in [-0.39, 0.29) is 5.89 Å². The molecule has 0 saturated heterocycles. The Balaban J connectivity index is 1.29. The Labute approximate surface area is 195 Å². The summed E-state index contributed by atoms with van der Waals surface area (Å²) in [5, 5.41) is 11.3. The summed E-state index contributed by atoms with van der Waals surface area (Å²) in [6.45, 7) is 2.26. The highest BCUT2D eigenvalue weighted by Gasteiger charge is 2.16. The topological polar surface area (TPSA) is 69.1 Å². The van der Waals surface area contributed by atoms with E-state index in [1.165, 1.54) is 57.8 Å². The van der Waals surface area contributed by atoms with Crippen LogP contribution in [-0.2, 0) is 6.42 Å². The molecule has 0 aliphatic carbocycles. The summed E-state index contributed by atoms with van der Waals surface area (Å²) in [7, 11) is 0. The molecule has 0 aliphatic heterocycles. The summed E-state index contributed by atoms with van der Waals surface area (Å²) in [4.78, 5) is 12.5. The smallest absolute Gasteiger partial charge is 0.349 e. The molecule has 0 atom stereocenters. The molecule has 4 aromatic rings. The van der Waals surface area contributed by atoms with Gasteiger partial charge >= 0.3 is 5.63 Å². The minimum absolute atomic E-state index is 0.233. The largest absolute Gasteiger partial charge is 0.422 e. The number of aryl methyl sites for hydroxylation is 1. The number of fused-ring (bicyclic) bond motifs is 3. The van der Waals surface area contributed by atoms with Crippen LogP contribution >= 0.6 is 0 Å². The monoisotopic (exact) mass is 446 g/mol. The second-order valence-electron chi connectivity index (χ2n) is 8.93. The van der Waals surface area contributed by atoms with Gasteiger partial charge in [-0.3, -0.25) is 0 Å². The van der Waals surface area contributed by atoms with Gasteiger partial charge in [-0.25, -0.2) is 4.79 Å². The fourth-order valence-corrected chi connectivity index (χ4v) is 4.42. The Bertz CT molecular complexity index is 1220. The van der Waals surface area contributed by atoms with E-state index in [4.69, 9.17) is 8.83 Å². The molecule has 2 aromatic carbocycles. The van der Waals surface area contributed by atoms with Gasteiger partial charge in [0.15, 0.2) is 0 Å². The third-order valence-electron chi connectivity index (χ3n) is 6.33. The van der Waals surface area contributed by atoms with Crippen LogP contribution in [0.4, 0.5) is 0 Å². The Morgan fingerprint density at radius 3 is 2.18 bits per heavy atom. The van der Waals surface area contributed by atoms with Crippen LogP contribution < -0.4 is 5.63 Å². The summed E-state index contributed by atoms with van der Waals surface area (Å²) < 4.78 is 11.4. The van der Waals surface area contributed by atoms with Crippen LogP contribution in [0.15, 0.2) is 56.1 Å². The van der Waals surface area contributed by atoms with E-state index in [0.717, 1.165) is 35.4 Å². The second-order valence-corrected chi connectivity index (χ2v) is 8.93. The number of hydrogen-bond acceptors (Lipinski definition) is 5. The predicted molar refractivity (Wildman–Crippen MR) is 133 cm³/mol. The Hall–Kier alpha value is -2.95. The fraction of sp³-hybridized carbons (Fsp3) is 0.464. The normalized spacial score (nSPS) is 11.5. The van der Waals surface area contributed by atoms with Crippen molar-refractivity contribution in [1.29, 1.82) is 0 Å². The molecule has 0 saturated carbocycles. The SMILES string of the molecule is CCCCCCCCCCCCCc1nnc(-c2cc3c(ccc4ccccc43)oc2=O)o1. The van der Waals surface area contributed by atoms with E-state index in [0.29, 0.717) is 17.0 Å². The molecule has 0 unspecified atom stereocenters. The summed E-state index contributed by atoms with van der Waals surface area (Å²) in [5.74, 6) is 0.815. The molecular weight excluding hydrogens is 412 g/mol. The van der Waals surface area contributed by atoms with Crippen molar-refractivity contribution in [2.45, 2.75) is 84.0 Å². The van der Waals surface area contributed by atoms with Crippen molar-refractivity contribution in [2.24, 2.45) is 0 Å². The fourth-order valence-electron chi connectivity index (χ4n) is 4.42. The van der Waals surface area contributed by atoms with Crippen molar-refractivity contribution in [3.63, 3.8) is 0 Å².